The maximum atomic E-state index is 12.7. The Morgan fingerprint density at radius 1 is 1.27 bits per heavy atom. The number of piperidine rings is 1. The Kier molecular flexibility index (Phi) is 3.76. The van der Waals surface area contributed by atoms with Crippen molar-refractivity contribution in [2.45, 2.75) is 24.9 Å². The number of fused-ring (bicyclic) bond motifs is 1. The van der Waals surface area contributed by atoms with Gasteiger partial charge in [0.25, 0.3) is 0 Å². The summed E-state index contributed by atoms with van der Waals surface area (Å²) in [5, 5.41) is 11.7. The van der Waals surface area contributed by atoms with Crippen LogP contribution in [0.4, 0.5) is 18.0 Å². The van der Waals surface area contributed by atoms with Crippen LogP contribution in [0.5, 0.6) is 0 Å². The first-order valence-electron chi connectivity index (χ1n) is 6.92. The van der Waals surface area contributed by atoms with E-state index in [9.17, 15) is 18.0 Å². The van der Waals surface area contributed by atoms with Gasteiger partial charge in [0.05, 0.1) is 5.56 Å². The molecule has 22 heavy (non-hydrogen) atoms. The van der Waals surface area contributed by atoms with Crippen LogP contribution in [0.15, 0.2) is 23.6 Å². The molecule has 7 heteroatoms. The van der Waals surface area contributed by atoms with Crippen LogP contribution in [0, 0.1) is 0 Å². The van der Waals surface area contributed by atoms with Gasteiger partial charge in [-0.2, -0.15) is 13.2 Å². The highest BCUT2D eigenvalue weighted by molar-refractivity contribution is 7.17. The maximum absolute atomic E-state index is 12.7. The summed E-state index contributed by atoms with van der Waals surface area (Å²) in [6.07, 6.45) is -3.83. The van der Waals surface area contributed by atoms with Gasteiger partial charge in [-0.1, -0.05) is 6.07 Å². The third-order valence-electron chi connectivity index (χ3n) is 4.14. The Labute approximate surface area is 129 Å². The maximum Gasteiger partial charge on any atom is 0.416 e. The zero-order chi connectivity index (χ0) is 15.9. The van der Waals surface area contributed by atoms with Gasteiger partial charge in [-0.25, -0.2) is 4.79 Å². The van der Waals surface area contributed by atoms with Gasteiger partial charge in [-0.05, 0) is 47.2 Å². The Morgan fingerprint density at radius 3 is 2.55 bits per heavy atom. The SMILES string of the molecule is O=C(O)N1CCC(c2csc3cc(C(F)(F)F)ccc23)CC1. The van der Waals surface area contributed by atoms with Crippen molar-refractivity contribution in [3.05, 3.63) is 34.7 Å². The number of rotatable bonds is 1. The van der Waals surface area contributed by atoms with Crippen LogP contribution in [0.3, 0.4) is 0 Å². The molecule has 0 saturated carbocycles. The molecule has 1 aromatic carbocycles. The Morgan fingerprint density at radius 2 is 1.95 bits per heavy atom. The fraction of sp³-hybridized carbons (Fsp3) is 0.400. The molecule has 118 valence electrons. The molecular formula is C15H14F3NO2S. The van der Waals surface area contributed by atoms with Crippen molar-refractivity contribution < 1.29 is 23.1 Å². The molecule has 1 amide bonds. The van der Waals surface area contributed by atoms with Crippen molar-refractivity contribution >= 4 is 27.5 Å². The molecule has 2 aromatic rings. The molecule has 1 fully saturated rings. The summed E-state index contributed by atoms with van der Waals surface area (Å²) in [4.78, 5) is 12.3. The molecule has 0 atom stereocenters. The number of hydrogen-bond acceptors (Lipinski definition) is 2. The van der Waals surface area contributed by atoms with Crippen molar-refractivity contribution in [2.24, 2.45) is 0 Å². The third kappa shape index (κ3) is 2.77. The van der Waals surface area contributed by atoms with Crippen molar-refractivity contribution in [1.29, 1.82) is 0 Å². The number of amides is 1. The summed E-state index contributed by atoms with van der Waals surface area (Å²) in [6, 6.07) is 3.84. The average Bonchev–Trinajstić information content (AvgIpc) is 2.89. The van der Waals surface area contributed by atoms with Crippen LogP contribution in [0.1, 0.15) is 29.9 Å². The lowest BCUT2D eigenvalue weighted by Crippen LogP contribution is -2.36. The predicted octanol–water partition coefficient (Wildman–Crippen LogP) is 4.78. The topological polar surface area (TPSA) is 40.5 Å². The van der Waals surface area contributed by atoms with E-state index in [4.69, 9.17) is 5.11 Å². The molecule has 3 nitrogen and oxygen atoms in total. The number of alkyl halides is 3. The van der Waals surface area contributed by atoms with Crippen molar-refractivity contribution in [3.63, 3.8) is 0 Å². The number of nitrogens with zero attached hydrogens (tertiary/aromatic N) is 1. The summed E-state index contributed by atoms with van der Waals surface area (Å²) in [5.74, 6) is 0.209. The number of thiophene rings is 1. The van der Waals surface area contributed by atoms with E-state index in [2.05, 4.69) is 0 Å². The highest BCUT2D eigenvalue weighted by Gasteiger charge is 2.31. The van der Waals surface area contributed by atoms with Gasteiger partial charge in [0.1, 0.15) is 0 Å². The van der Waals surface area contributed by atoms with Crippen molar-refractivity contribution in [3.8, 4) is 0 Å². The van der Waals surface area contributed by atoms with Crippen LogP contribution < -0.4 is 0 Å². The minimum atomic E-state index is -4.33. The summed E-state index contributed by atoms with van der Waals surface area (Å²) < 4.78 is 38.8. The summed E-state index contributed by atoms with van der Waals surface area (Å²) in [5.41, 5.74) is 0.410. The molecule has 2 heterocycles. The second-order valence-electron chi connectivity index (χ2n) is 5.44. The minimum absolute atomic E-state index is 0.209. The number of carboxylic acid groups (broad SMARTS) is 1. The zero-order valence-corrected chi connectivity index (χ0v) is 12.4. The molecule has 1 aliphatic heterocycles. The van der Waals surface area contributed by atoms with Crippen LogP contribution in [0.2, 0.25) is 0 Å². The first-order chi connectivity index (χ1) is 10.4. The Bertz CT molecular complexity index is 702. The summed E-state index contributed by atoms with van der Waals surface area (Å²) in [7, 11) is 0. The van der Waals surface area contributed by atoms with E-state index in [1.165, 1.54) is 28.4 Å². The minimum Gasteiger partial charge on any atom is -0.465 e. The van der Waals surface area contributed by atoms with Gasteiger partial charge in [0, 0.05) is 17.8 Å². The lowest BCUT2D eigenvalue weighted by molar-refractivity contribution is -0.137. The van der Waals surface area contributed by atoms with Gasteiger partial charge in [-0.15, -0.1) is 11.3 Å². The quantitative estimate of drug-likeness (QED) is 0.818. The molecule has 0 bridgehead atoms. The fourth-order valence-corrected chi connectivity index (χ4v) is 4.00. The summed E-state index contributed by atoms with van der Waals surface area (Å²) in [6.45, 7) is 0.940. The van der Waals surface area contributed by atoms with Gasteiger partial charge < -0.3 is 10.0 Å². The molecule has 1 N–H and O–H groups in total. The van der Waals surface area contributed by atoms with Crippen LogP contribution in [0.25, 0.3) is 10.1 Å². The molecule has 0 radical (unpaired) electrons. The number of benzene rings is 1. The van der Waals surface area contributed by atoms with Crippen molar-refractivity contribution in [2.75, 3.05) is 13.1 Å². The second kappa shape index (κ2) is 5.46. The molecule has 1 saturated heterocycles. The second-order valence-corrected chi connectivity index (χ2v) is 6.35. The van der Waals surface area contributed by atoms with Gasteiger partial charge in [0.15, 0.2) is 0 Å². The average molecular weight is 329 g/mol. The number of halogens is 3. The number of hydrogen-bond donors (Lipinski definition) is 1. The van der Waals surface area contributed by atoms with E-state index in [0.717, 1.165) is 17.0 Å². The number of likely N-dealkylation sites (tertiary alicyclic amines) is 1. The molecule has 1 aromatic heterocycles. The van der Waals surface area contributed by atoms with E-state index in [1.807, 2.05) is 5.38 Å². The first kappa shape index (κ1) is 15.1. The highest BCUT2D eigenvalue weighted by Crippen LogP contribution is 2.39. The van der Waals surface area contributed by atoms with E-state index >= 15 is 0 Å². The van der Waals surface area contributed by atoms with Gasteiger partial charge in [-0.3, -0.25) is 0 Å². The Hall–Kier alpha value is -1.76. The molecule has 0 aliphatic carbocycles. The van der Waals surface area contributed by atoms with Crippen molar-refractivity contribution in [1.82, 2.24) is 4.90 Å². The van der Waals surface area contributed by atoms with Gasteiger partial charge in [0.2, 0.25) is 0 Å². The van der Waals surface area contributed by atoms with Gasteiger partial charge >= 0.3 is 12.3 Å². The van der Waals surface area contributed by atoms with E-state index in [-0.39, 0.29) is 5.92 Å². The van der Waals surface area contributed by atoms with Crippen LogP contribution in [-0.2, 0) is 6.18 Å². The zero-order valence-electron chi connectivity index (χ0n) is 11.6. The normalized spacial score (nSPS) is 17.1. The fourth-order valence-electron chi connectivity index (χ4n) is 2.92. The lowest BCUT2D eigenvalue weighted by atomic mass is 9.89. The van der Waals surface area contributed by atoms with Crippen LogP contribution >= 0.6 is 11.3 Å². The molecule has 0 spiro atoms. The molecule has 1 aliphatic rings. The largest absolute Gasteiger partial charge is 0.465 e. The Balaban J connectivity index is 1.85. The van der Waals surface area contributed by atoms with E-state index in [1.54, 1.807) is 0 Å². The standard InChI is InChI=1S/C15H14F3NO2S/c16-15(17,18)10-1-2-11-12(8-22-13(11)7-10)9-3-5-19(6-4-9)14(20)21/h1-2,7-9H,3-6H2,(H,20,21). The van der Waals surface area contributed by atoms with E-state index < -0.39 is 17.8 Å². The molecular weight excluding hydrogens is 315 g/mol. The number of carbonyl (C=O) groups is 1. The smallest absolute Gasteiger partial charge is 0.416 e. The highest BCUT2D eigenvalue weighted by atomic mass is 32.1. The van der Waals surface area contributed by atoms with Crippen LogP contribution in [-0.4, -0.2) is 29.2 Å². The molecule has 3 rings (SSSR count). The lowest BCUT2D eigenvalue weighted by Gasteiger charge is -2.29. The van der Waals surface area contributed by atoms with E-state index in [0.29, 0.717) is 30.6 Å². The predicted molar refractivity (Wildman–Crippen MR) is 78.4 cm³/mol. The summed E-state index contributed by atoms with van der Waals surface area (Å²) >= 11 is 1.32. The first-order valence-corrected chi connectivity index (χ1v) is 7.80. The monoisotopic (exact) mass is 329 g/mol. The molecule has 0 unspecified atom stereocenters. The third-order valence-corrected chi connectivity index (χ3v) is 5.10.